The van der Waals surface area contributed by atoms with E-state index in [9.17, 15) is 10.1 Å². The molecular weight excluding hydrogens is 448 g/mol. The van der Waals surface area contributed by atoms with Crippen LogP contribution in [0.5, 0.6) is 5.75 Å². The van der Waals surface area contributed by atoms with Crippen LogP contribution < -0.4 is 10.1 Å². The molecule has 1 N–H and O–H groups in total. The Bertz CT molecular complexity index is 1430. The summed E-state index contributed by atoms with van der Waals surface area (Å²) in [5.41, 5.74) is 4.93. The Morgan fingerprint density at radius 2 is 1.83 bits per heavy atom. The summed E-state index contributed by atoms with van der Waals surface area (Å²) in [7, 11) is 0. The maximum absolute atomic E-state index is 12.8. The first-order valence-corrected chi connectivity index (χ1v) is 11.5. The van der Waals surface area contributed by atoms with Gasteiger partial charge in [0.25, 0.3) is 5.91 Å². The fourth-order valence-corrected chi connectivity index (χ4v) is 3.72. The normalized spacial score (nSPS) is 10.9. The Balaban J connectivity index is 1.70. The van der Waals surface area contributed by atoms with Crippen LogP contribution in [0.2, 0.25) is 0 Å². The first kappa shape index (κ1) is 24.2. The van der Waals surface area contributed by atoms with Crippen LogP contribution in [0.1, 0.15) is 16.7 Å². The molecule has 0 bridgehead atoms. The molecule has 0 saturated carbocycles. The molecule has 0 fully saturated rings. The topological polar surface area (TPSA) is 79.9 Å². The zero-order valence-electron chi connectivity index (χ0n) is 20.0. The molecule has 0 aliphatic carbocycles. The number of hydrogen-bond acceptors (Lipinski definition) is 4. The maximum Gasteiger partial charge on any atom is 0.262 e. The lowest BCUT2D eigenvalue weighted by molar-refractivity contribution is -0.117. The number of ether oxygens (including phenoxy) is 1. The van der Waals surface area contributed by atoms with E-state index in [1.807, 2.05) is 98.1 Å². The second-order valence-corrected chi connectivity index (χ2v) is 8.13. The SMILES string of the molecule is C=CCOc1ccc(-c2nn(-c3ccccc3)cc2/C=C(\C#N)C(=O)NCc2ccccc2)cc1C. The second-order valence-electron chi connectivity index (χ2n) is 8.13. The van der Waals surface area contributed by atoms with Gasteiger partial charge in [-0.05, 0) is 54.5 Å². The minimum Gasteiger partial charge on any atom is -0.489 e. The van der Waals surface area contributed by atoms with Crippen molar-refractivity contribution < 1.29 is 9.53 Å². The number of benzene rings is 3. The monoisotopic (exact) mass is 474 g/mol. The molecule has 0 saturated heterocycles. The third kappa shape index (κ3) is 5.78. The number of nitrogens with zero attached hydrogens (tertiary/aromatic N) is 3. The summed E-state index contributed by atoms with van der Waals surface area (Å²) in [5, 5.41) is 17.4. The smallest absolute Gasteiger partial charge is 0.262 e. The van der Waals surface area contributed by atoms with Gasteiger partial charge >= 0.3 is 0 Å². The van der Waals surface area contributed by atoms with Crippen LogP contribution in [-0.2, 0) is 11.3 Å². The molecule has 0 unspecified atom stereocenters. The van der Waals surface area contributed by atoms with Gasteiger partial charge in [0.1, 0.15) is 29.7 Å². The van der Waals surface area contributed by atoms with Gasteiger partial charge in [0.15, 0.2) is 0 Å². The molecule has 0 spiro atoms. The highest BCUT2D eigenvalue weighted by atomic mass is 16.5. The second kappa shape index (κ2) is 11.5. The van der Waals surface area contributed by atoms with E-state index in [0.717, 1.165) is 28.1 Å². The summed E-state index contributed by atoms with van der Waals surface area (Å²) in [5.74, 6) is 0.320. The van der Waals surface area contributed by atoms with Gasteiger partial charge in [-0.15, -0.1) is 0 Å². The van der Waals surface area contributed by atoms with E-state index >= 15 is 0 Å². The number of amides is 1. The van der Waals surface area contributed by atoms with Gasteiger partial charge in [0.05, 0.1) is 5.69 Å². The van der Waals surface area contributed by atoms with Crippen molar-refractivity contribution in [1.29, 1.82) is 5.26 Å². The van der Waals surface area contributed by atoms with Crippen LogP contribution in [0.15, 0.2) is 103 Å². The Kier molecular flexibility index (Phi) is 7.74. The van der Waals surface area contributed by atoms with Crippen molar-refractivity contribution in [1.82, 2.24) is 15.1 Å². The van der Waals surface area contributed by atoms with Crippen LogP contribution in [0.3, 0.4) is 0 Å². The Labute approximate surface area is 210 Å². The Hall–Kier alpha value is -4.89. The molecule has 4 rings (SSSR count). The highest BCUT2D eigenvalue weighted by Gasteiger charge is 2.16. The third-order valence-corrected chi connectivity index (χ3v) is 5.53. The van der Waals surface area contributed by atoms with E-state index in [-0.39, 0.29) is 5.57 Å². The van der Waals surface area contributed by atoms with E-state index in [4.69, 9.17) is 9.84 Å². The molecule has 6 nitrogen and oxygen atoms in total. The fraction of sp³-hybridized carbons (Fsp3) is 0.100. The third-order valence-electron chi connectivity index (χ3n) is 5.53. The molecule has 36 heavy (non-hydrogen) atoms. The fourth-order valence-electron chi connectivity index (χ4n) is 3.72. The van der Waals surface area contributed by atoms with Crippen LogP contribution in [-0.4, -0.2) is 22.3 Å². The summed E-state index contributed by atoms with van der Waals surface area (Å²) in [6.07, 6.45) is 5.10. The van der Waals surface area contributed by atoms with Gasteiger partial charge in [-0.2, -0.15) is 10.4 Å². The molecule has 1 aromatic heterocycles. The van der Waals surface area contributed by atoms with E-state index in [2.05, 4.69) is 11.9 Å². The first-order valence-electron chi connectivity index (χ1n) is 11.5. The average molecular weight is 475 g/mol. The number of nitrogens with one attached hydrogen (secondary N) is 1. The quantitative estimate of drug-likeness (QED) is 0.194. The Morgan fingerprint density at radius 1 is 1.11 bits per heavy atom. The number of nitriles is 1. The molecule has 6 heteroatoms. The number of para-hydroxylation sites is 1. The standard InChI is InChI=1S/C30H26N4O2/c1-3-16-36-28-15-14-24(17-22(28)2)29-26(21-34(33-29)27-12-8-5-9-13-27)18-25(19-31)30(35)32-20-23-10-6-4-7-11-23/h3-15,17-18,21H,1,16,20H2,2H3,(H,32,35)/b25-18+. The van der Waals surface area contributed by atoms with Crippen molar-refractivity contribution in [2.24, 2.45) is 0 Å². The van der Waals surface area contributed by atoms with E-state index in [1.165, 1.54) is 0 Å². The molecule has 1 amide bonds. The summed E-state index contributed by atoms with van der Waals surface area (Å²) in [6, 6.07) is 27.1. The number of aryl methyl sites for hydroxylation is 1. The molecule has 3 aromatic carbocycles. The summed E-state index contributed by atoms with van der Waals surface area (Å²) in [6.45, 7) is 6.40. The molecular formula is C30H26N4O2. The highest BCUT2D eigenvalue weighted by molar-refractivity contribution is 6.02. The minimum absolute atomic E-state index is 0.00227. The average Bonchev–Trinajstić information content (AvgIpc) is 3.34. The van der Waals surface area contributed by atoms with Crippen molar-refractivity contribution in [3.8, 4) is 28.8 Å². The first-order chi connectivity index (χ1) is 17.6. The molecule has 0 atom stereocenters. The van der Waals surface area contributed by atoms with Crippen molar-refractivity contribution in [3.63, 3.8) is 0 Å². The van der Waals surface area contributed by atoms with E-state index < -0.39 is 5.91 Å². The molecule has 1 heterocycles. The lowest BCUT2D eigenvalue weighted by Gasteiger charge is -2.09. The predicted molar refractivity (Wildman–Crippen MR) is 141 cm³/mol. The van der Waals surface area contributed by atoms with Crippen LogP contribution in [0.4, 0.5) is 0 Å². The molecule has 0 radical (unpaired) electrons. The van der Waals surface area contributed by atoms with Gasteiger partial charge < -0.3 is 10.1 Å². The highest BCUT2D eigenvalue weighted by Crippen LogP contribution is 2.30. The van der Waals surface area contributed by atoms with E-state index in [1.54, 1.807) is 16.8 Å². The molecule has 4 aromatic rings. The number of aromatic nitrogens is 2. The van der Waals surface area contributed by atoms with Gasteiger partial charge in [-0.25, -0.2) is 4.68 Å². The van der Waals surface area contributed by atoms with Crippen LogP contribution in [0.25, 0.3) is 23.0 Å². The number of rotatable bonds is 9. The predicted octanol–water partition coefficient (Wildman–Crippen LogP) is 5.64. The number of carbonyl (C=O) groups is 1. The van der Waals surface area contributed by atoms with Crippen LogP contribution >= 0.6 is 0 Å². The Morgan fingerprint density at radius 3 is 2.50 bits per heavy atom. The van der Waals surface area contributed by atoms with Crippen molar-refractivity contribution in [2.75, 3.05) is 6.61 Å². The lowest BCUT2D eigenvalue weighted by Crippen LogP contribution is -2.23. The van der Waals surface area contributed by atoms with Gasteiger partial charge in [-0.3, -0.25) is 4.79 Å². The molecule has 178 valence electrons. The van der Waals surface area contributed by atoms with Gasteiger partial charge in [0.2, 0.25) is 0 Å². The van der Waals surface area contributed by atoms with E-state index in [0.29, 0.717) is 24.4 Å². The van der Waals surface area contributed by atoms with Crippen LogP contribution in [0, 0.1) is 18.3 Å². The van der Waals surface area contributed by atoms with Crippen molar-refractivity contribution >= 4 is 12.0 Å². The maximum atomic E-state index is 12.8. The lowest BCUT2D eigenvalue weighted by atomic mass is 10.0. The zero-order valence-corrected chi connectivity index (χ0v) is 20.0. The number of hydrogen-bond donors (Lipinski definition) is 1. The van der Waals surface area contributed by atoms with Gasteiger partial charge in [-0.1, -0.05) is 61.2 Å². The summed E-state index contributed by atoms with van der Waals surface area (Å²) < 4.78 is 7.45. The van der Waals surface area contributed by atoms with Gasteiger partial charge in [0, 0.05) is 23.9 Å². The molecule has 0 aliphatic heterocycles. The summed E-state index contributed by atoms with van der Waals surface area (Å²) in [4.78, 5) is 12.8. The largest absolute Gasteiger partial charge is 0.489 e. The number of carbonyl (C=O) groups excluding carboxylic acids is 1. The van der Waals surface area contributed by atoms with Crippen molar-refractivity contribution in [3.05, 3.63) is 120 Å². The molecule has 0 aliphatic rings. The minimum atomic E-state index is -0.441. The van der Waals surface area contributed by atoms with Crippen molar-refractivity contribution in [2.45, 2.75) is 13.5 Å². The summed E-state index contributed by atoms with van der Waals surface area (Å²) >= 11 is 0. The zero-order chi connectivity index (χ0) is 25.3.